The van der Waals surface area contributed by atoms with Crippen LogP contribution in [0.15, 0.2) is 53.3 Å². The standard InChI is InChI=1S/C16H14N2O/c1-11-7-6-10-14-15(11)16(19)18(12(2)17-14)13-8-4-3-5-9-13/h3-10H,1-2H3. The van der Waals surface area contributed by atoms with Crippen LogP contribution in [0.2, 0.25) is 0 Å². The Labute approximate surface area is 111 Å². The lowest BCUT2D eigenvalue weighted by molar-refractivity contribution is 0.894. The maximum Gasteiger partial charge on any atom is 0.266 e. The summed E-state index contributed by atoms with van der Waals surface area (Å²) in [6.07, 6.45) is 0. The summed E-state index contributed by atoms with van der Waals surface area (Å²) in [7, 11) is 0. The molecular weight excluding hydrogens is 236 g/mol. The van der Waals surface area contributed by atoms with Crippen molar-refractivity contribution in [2.45, 2.75) is 13.8 Å². The first-order valence-electron chi connectivity index (χ1n) is 6.23. The smallest absolute Gasteiger partial charge is 0.266 e. The van der Waals surface area contributed by atoms with Gasteiger partial charge in [0.1, 0.15) is 5.82 Å². The molecule has 0 saturated carbocycles. The first-order valence-corrected chi connectivity index (χ1v) is 6.23. The molecule has 0 aliphatic carbocycles. The van der Waals surface area contributed by atoms with E-state index in [1.165, 1.54) is 0 Å². The SMILES string of the molecule is Cc1cccc2nc(C)n(-c3ccccc3)c(=O)c12. The average molecular weight is 250 g/mol. The highest BCUT2D eigenvalue weighted by molar-refractivity contribution is 5.81. The van der Waals surface area contributed by atoms with E-state index in [-0.39, 0.29) is 5.56 Å². The minimum atomic E-state index is -0.00759. The summed E-state index contributed by atoms with van der Waals surface area (Å²) < 4.78 is 1.66. The van der Waals surface area contributed by atoms with Gasteiger partial charge in [0.05, 0.1) is 16.6 Å². The Morgan fingerprint density at radius 3 is 2.42 bits per heavy atom. The van der Waals surface area contributed by atoms with Gasteiger partial charge in [-0.25, -0.2) is 4.98 Å². The molecule has 94 valence electrons. The minimum Gasteiger partial charge on any atom is -0.268 e. The molecule has 0 amide bonds. The summed E-state index contributed by atoms with van der Waals surface area (Å²) in [5, 5.41) is 0.692. The van der Waals surface area contributed by atoms with Gasteiger partial charge in [-0.2, -0.15) is 0 Å². The van der Waals surface area contributed by atoms with Crippen LogP contribution in [-0.2, 0) is 0 Å². The third kappa shape index (κ3) is 1.83. The molecule has 3 rings (SSSR count). The molecule has 1 heterocycles. The maximum atomic E-state index is 12.7. The van der Waals surface area contributed by atoms with Crippen molar-refractivity contribution in [2.24, 2.45) is 0 Å². The lowest BCUT2D eigenvalue weighted by Gasteiger charge is -2.11. The van der Waals surface area contributed by atoms with Crippen molar-refractivity contribution in [1.29, 1.82) is 0 Å². The Morgan fingerprint density at radius 1 is 0.947 bits per heavy atom. The first-order chi connectivity index (χ1) is 9.18. The fraction of sp³-hybridized carbons (Fsp3) is 0.125. The van der Waals surface area contributed by atoms with Gasteiger partial charge in [0.15, 0.2) is 0 Å². The van der Waals surface area contributed by atoms with Gasteiger partial charge in [-0.15, -0.1) is 0 Å². The zero-order chi connectivity index (χ0) is 13.4. The van der Waals surface area contributed by atoms with Crippen LogP contribution in [0.5, 0.6) is 0 Å². The second-order valence-electron chi connectivity index (χ2n) is 4.60. The Balaban J connectivity index is 2.45. The van der Waals surface area contributed by atoms with Gasteiger partial charge in [0, 0.05) is 0 Å². The number of aromatic nitrogens is 2. The summed E-state index contributed by atoms with van der Waals surface area (Å²) in [5.41, 5.74) is 2.56. The second-order valence-corrected chi connectivity index (χ2v) is 4.60. The number of fused-ring (bicyclic) bond motifs is 1. The summed E-state index contributed by atoms with van der Waals surface area (Å²) in [5.74, 6) is 0.703. The largest absolute Gasteiger partial charge is 0.268 e. The normalized spacial score (nSPS) is 10.8. The lowest BCUT2D eigenvalue weighted by Crippen LogP contribution is -2.22. The summed E-state index contributed by atoms with van der Waals surface area (Å²) >= 11 is 0. The predicted octanol–water partition coefficient (Wildman–Crippen LogP) is 3.00. The Kier molecular flexibility index (Phi) is 2.67. The molecule has 0 radical (unpaired) electrons. The van der Waals surface area contributed by atoms with Crippen molar-refractivity contribution >= 4 is 10.9 Å². The number of rotatable bonds is 1. The van der Waals surface area contributed by atoms with E-state index in [4.69, 9.17) is 0 Å². The average Bonchev–Trinajstić information content (AvgIpc) is 2.39. The van der Waals surface area contributed by atoms with Gasteiger partial charge in [-0.1, -0.05) is 30.3 Å². The van der Waals surface area contributed by atoms with E-state index in [2.05, 4.69) is 4.98 Å². The van der Waals surface area contributed by atoms with Gasteiger partial charge in [-0.05, 0) is 37.6 Å². The number of nitrogens with zero attached hydrogens (tertiary/aromatic N) is 2. The van der Waals surface area contributed by atoms with E-state index < -0.39 is 0 Å². The minimum absolute atomic E-state index is 0.00759. The molecule has 0 atom stereocenters. The highest BCUT2D eigenvalue weighted by atomic mass is 16.1. The van der Waals surface area contributed by atoms with Crippen LogP contribution in [0, 0.1) is 13.8 Å². The topological polar surface area (TPSA) is 34.9 Å². The van der Waals surface area contributed by atoms with Crippen LogP contribution in [-0.4, -0.2) is 9.55 Å². The summed E-state index contributed by atoms with van der Waals surface area (Å²) in [4.78, 5) is 17.2. The zero-order valence-corrected chi connectivity index (χ0v) is 10.9. The monoisotopic (exact) mass is 250 g/mol. The fourth-order valence-corrected chi connectivity index (χ4v) is 2.39. The zero-order valence-electron chi connectivity index (χ0n) is 10.9. The van der Waals surface area contributed by atoms with Crippen molar-refractivity contribution in [3.05, 3.63) is 70.3 Å². The van der Waals surface area contributed by atoms with Gasteiger partial charge >= 0.3 is 0 Å². The second kappa shape index (κ2) is 4.35. The number of benzene rings is 2. The van der Waals surface area contributed by atoms with E-state index in [1.807, 2.05) is 62.4 Å². The molecule has 19 heavy (non-hydrogen) atoms. The molecule has 0 fully saturated rings. The van der Waals surface area contributed by atoms with E-state index in [0.29, 0.717) is 11.2 Å². The first kappa shape index (κ1) is 11.7. The Morgan fingerprint density at radius 2 is 1.68 bits per heavy atom. The Bertz CT molecular complexity index is 804. The van der Waals surface area contributed by atoms with Crippen LogP contribution in [0.25, 0.3) is 16.6 Å². The predicted molar refractivity (Wildman–Crippen MR) is 76.8 cm³/mol. The van der Waals surface area contributed by atoms with E-state index in [0.717, 1.165) is 16.8 Å². The molecule has 1 aromatic heterocycles. The van der Waals surface area contributed by atoms with Crippen LogP contribution >= 0.6 is 0 Å². The molecule has 0 aliphatic heterocycles. The molecular formula is C16H14N2O. The molecule has 0 aliphatic rings. The molecule has 0 spiro atoms. The van der Waals surface area contributed by atoms with Gasteiger partial charge in [-0.3, -0.25) is 9.36 Å². The van der Waals surface area contributed by atoms with Crippen LogP contribution in [0.4, 0.5) is 0 Å². The molecule has 0 N–H and O–H groups in total. The third-order valence-electron chi connectivity index (χ3n) is 3.29. The number of para-hydroxylation sites is 1. The molecule has 3 heteroatoms. The van der Waals surface area contributed by atoms with Crippen LogP contribution in [0.3, 0.4) is 0 Å². The highest BCUT2D eigenvalue weighted by Gasteiger charge is 2.10. The molecule has 3 aromatic rings. The quantitative estimate of drug-likeness (QED) is 0.665. The number of hydrogen-bond donors (Lipinski definition) is 0. The van der Waals surface area contributed by atoms with Crippen molar-refractivity contribution in [3.63, 3.8) is 0 Å². The van der Waals surface area contributed by atoms with E-state index >= 15 is 0 Å². The molecule has 2 aromatic carbocycles. The molecule has 0 saturated heterocycles. The lowest BCUT2D eigenvalue weighted by atomic mass is 10.1. The molecule has 0 bridgehead atoms. The summed E-state index contributed by atoms with van der Waals surface area (Å²) in [6, 6.07) is 15.4. The van der Waals surface area contributed by atoms with Crippen molar-refractivity contribution in [1.82, 2.24) is 9.55 Å². The molecule has 3 nitrogen and oxygen atoms in total. The van der Waals surface area contributed by atoms with Crippen LogP contribution in [0.1, 0.15) is 11.4 Å². The molecule has 0 unspecified atom stereocenters. The van der Waals surface area contributed by atoms with Crippen molar-refractivity contribution < 1.29 is 0 Å². The van der Waals surface area contributed by atoms with Gasteiger partial charge < -0.3 is 0 Å². The number of hydrogen-bond acceptors (Lipinski definition) is 2. The van der Waals surface area contributed by atoms with Crippen LogP contribution < -0.4 is 5.56 Å². The van der Waals surface area contributed by atoms with Crippen molar-refractivity contribution in [3.8, 4) is 5.69 Å². The van der Waals surface area contributed by atoms with Gasteiger partial charge in [0.25, 0.3) is 5.56 Å². The van der Waals surface area contributed by atoms with E-state index in [9.17, 15) is 4.79 Å². The highest BCUT2D eigenvalue weighted by Crippen LogP contribution is 2.15. The van der Waals surface area contributed by atoms with E-state index in [1.54, 1.807) is 4.57 Å². The van der Waals surface area contributed by atoms with Crippen molar-refractivity contribution in [2.75, 3.05) is 0 Å². The summed E-state index contributed by atoms with van der Waals surface area (Å²) in [6.45, 7) is 3.80. The Hall–Kier alpha value is -2.42. The number of aryl methyl sites for hydroxylation is 2. The third-order valence-corrected chi connectivity index (χ3v) is 3.29. The maximum absolute atomic E-state index is 12.7. The van der Waals surface area contributed by atoms with Gasteiger partial charge in [0.2, 0.25) is 0 Å². The fourth-order valence-electron chi connectivity index (χ4n) is 2.39.